The Bertz CT molecular complexity index is 895. The van der Waals surface area contributed by atoms with E-state index in [0.717, 1.165) is 25.7 Å². The summed E-state index contributed by atoms with van der Waals surface area (Å²) in [6, 6.07) is 4.59. The quantitative estimate of drug-likeness (QED) is 0.351. The molecule has 1 aromatic carbocycles. The van der Waals surface area contributed by atoms with Gasteiger partial charge in [-0.15, -0.1) is 0 Å². The van der Waals surface area contributed by atoms with Gasteiger partial charge in [0.05, 0.1) is 0 Å². The van der Waals surface area contributed by atoms with Crippen LogP contribution in [0.15, 0.2) is 24.3 Å². The number of rotatable bonds is 12. The maximum atomic E-state index is 14.1. The second-order valence-electron chi connectivity index (χ2n) is 11.3. The summed E-state index contributed by atoms with van der Waals surface area (Å²) in [6.45, 7) is 13.9. The van der Waals surface area contributed by atoms with Gasteiger partial charge in [0.1, 0.15) is 23.4 Å². The van der Waals surface area contributed by atoms with Gasteiger partial charge in [0, 0.05) is 12.6 Å². The number of carbonyl (C=O) groups is 3. The highest BCUT2D eigenvalue weighted by molar-refractivity contribution is 5.92. The van der Waals surface area contributed by atoms with E-state index in [2.05, 4.69) is 17.6 Å². The third kappa shape index (κ3) is 9.03. The summed E-state index contributed by atoms with van der Waals surface area (Å²) in [7, 11) is 0. The van der Waals surface area contributed by atoms with Gasteiger partial charge in [-0.3, -0.25) is 9.59 Å². The first-order valence-corrected chi connectivity index (χ1v) is 13.2. The number of phenolic OH excluding ortho intramolecular Hbond substituents is 1. The topological polar surface area (TPSA) is 108 Å². The Morgan fingerprint density at radius 3 is 2.39 bits per heavy atom. The van der Waals surface area contributed by atoms with Crippen molar-refractivity contribution in [1.82, 2.24) is 15.5 Å². The Morgan fingerprint density at radius 2 is 1.86 bits per heavy atom. The van der Waals surface area contributed by atoms with Crippen molar-refractivity contribution in [3.8, 4) is 5.75 Å². The highest BCUT2D eigenvalue weighted by atomic mass is 16.6. The van der Waals surface area contributed by atoms with Crippen molar-refractivity contribution in [2.75, 3.05) is 6.54 Å². The third-order valence-electron chi connectivity index (χ3n) is 6.17. The molecule has 0 heterocycles. The Labute approximate surface area is 216 Å². The van der Waals surface area contributed by atoms with Crippen LogP contribution in [-0.4, -0.2) is 52.1 Å². The van der Waals surface area contributed by atoms with Gasteiger partial charge < -0.3 is 25.4 Å². The maximum Gasteiger partial charge on any atom is 0.408 e. The van der Waals surface area contributed by atoms with Crippen LogP contribution < -0.4 is 10.6 Å². The number of unbranched alkanes of at least 4 members (excludes halogenated alkanes) is 2. The van der Waals surface area contributed by atoms with Crippen molar-refractivity contribution in [3.05, 3.63) is 29.8 Å². The molecule has 1 aromatic rings. The molecule has 0 aromatic heterocycles. The molecule has 8 nitrogen and oxygen atoms in total. The van der Waals surface area contributed by atoms with Crippen LogP contribution in [0.4, 0.5) is 4.79 Å². The van der Waals surface area contributed by atoms with Gasteiger partial charge in [-0.05, 0) is 69.6 Å². The molecule has 2 rings (SSSR count). The van der Waals surface area contributed by atoms with E-state index in [1.165, 1.54) is 12.1 Å². The van der Waals surface area contributed by atoms with E-state index >= 15 is 0 Å². The number of nitrogens with zero attached hydrogens (tertiary/aromatic N) is 1. The summed E-state index contributed by atoms with van der Waals surface area (Å²) >= 11 is 0. The lowest BCUT2D eigenvalue weighted by Crippen LogP contribution is -2.54. The van der Waals surface area contributed by atoms with Crippen LogP contribution in [0.3, 0.4) is 0 Å². The Balaban J connectivity index is 2.43. The van der Waals surface area contributed by atoms with E-state index in [1.54, 1.807) is 37.8 Å². The van der Waals surface area contributed by atoms with Crippen LogP contribution in [0, 0.1) is 11.8 Å². The summed E-state index contributed by atoms with van der Waals surface area (Å²) in [5.41, 5.74) is -0.168. The number of ether oxygens (including phenoxy) is 1. The summed E-state index contributed by atoms with van der Waals surface area (Å²) < 4.78 is 5.43. The third-order valence-corrected chi connectivity index (χ3v) is 6.17. The lowest BCUT2D eigenvalue weighted by molar-refractivity contribution is -0.143. The van der Waals surface area contributed by atoms with Crippen LogP contribution in [0.25, 0.3) is 0 Å². The number of aromatic hydroxyl groups is 1. The van der Waals surface area contributed by atoms with Crippen LogP contribution in [-0.2, 0) is 14.3 Å². The highest BCUT2D eigenvalue weighted by Gasteiger charge is 2.48. The number of carbonyl (C=O) groups excluding carboxylic acids is 3. The predicted molar refractivity (Wildman–Crippen MR) is 140 cm³/mol. The minimum atomic E-state index is -0.920. The average molecular weight is 504 g/mol. The minimum Gasteiger partial charge on any atom is -0.508 e. The van der Waals surface area contributed by atoms with Crippen molar-refractivity contribution < 1.29 is 24.2 Å². The Kier molecular flexibility index (Phi) is 10.6. The SMILES string of the molecule is CCCCCNC(=O)C(c1cccc(O)c1)N(C(=O)C(CC(C)C)NC(=O)OC(C)(C)C)C1CC1C. The maximum absolute atomic E-state index is 14.1. The van der Waals surface area contributed by atoms with Crippen molar-refractivity contribution in [2.24, 2.45) is 11.8 Å². The summed E-state index contributed by atoms with van der Waals surface area (Å²) in [6.07, 6.45) is 3.38. The number of amides is 3. The zero-order chi connectivity index (χ0) is 27.0. The number of benzene rings is 1. The van der Waals surface area contributed by atoms with Gasteiger partial charge in [-0.25, -0.2) is 4.79 Å². The molecule has 202 valence electrons. The number of alkyl carbamates (subject to hydrolysis) is 1. The first-order valence-electron chi connectivity index (χ1n) is 13.2. The van der Waals surface area contributed by atoms with Crippen molar-refractivity contribution in [3.63, 3.8) is 0 Å². The first kappa shape index (κ1) is 29.5. The molecule has 3 N–H and O–H groups in total. The minimum absolute atomic E-state index is 0.0261. The van der Waals surface area contributed by atoms with Gasteiger partial charge in [-0.2, -0.15) is 0 Å². The number of hydrogen-bond acceptors (Lipinski definition) is 5. The van der Waals surface area contributed by atoms with Gasteiger partial charge in [0.25, 0.3) is 0 Å². The zero-order valence-electron chi connectivity index (χ0n) is 23.0. The molecule has 1 aliphatic carbocycles. The second kappa shape index (κ2) is 13.0. The summed E-state index contributed by atoms with van der Waals surface area (Å²) in [5, 5.41) is 15.9. The number of phenols is 1. The highest BCUT2D eigenvalue weighted by Crippen LogP contribution is 2.41. The summed E-state index contributed by atoms with van der Waals surface area (Å²) in [5.74, 6) is -0.235. The van der Waals surface area contributed by atoms with E-state index in [9.17, 15) is 19.5 Å². The van der Waals surface area contributed by atoms with Crippen LogP contribution in [0.1, 0.15) is 92.2 Å². The first-order chi connectivity index (χ1) is 16.8. The van der Waals surface area contributed by atoms with E-state index < -0.39 is 23.8 Å². The zero-order valence-corrected chi connectivity index (χ0v) is 23.0. The van der Waals surface area contributed by atoms with E-state index in [4.69, 9.17) is 4.74 Å². The molecular weight excluding hydrogens is 458 g/mol. The Morgan fingerprint density at radius 1 is 1.19 bits per heavy atom. The lowest BCUT2D eigenvalue weighted by atomic mass is 9.98. The fourth-order valence-electron chi connectivity index (χ4n) is 4.31. The molecule has 0 aliphatic heterocycles. The van der Waals surface area contributed by atoms with E-state index in [0.29, 0.717) is 18.5 Å². The fraction of sp³-hybridized carbons (Fsp3) is 0.679. The molecule has 0 saturated heterocycles. The van der Waals surface area contributed by atoms with Gasteiger partial charge in [0.2, 0.25) is 11.8 Å². The van der Waals surface area contributed by atoms with Gasteiger partial charge in [0.15, 0.2) is 0 Å². The van der Waals surface area contributed by atoms with E-state index in [-0.39, 0.29) is 35.4 Å². The largest absolute Gasteiger partial charge is 0.508 e. The molecule has 1 aliphatic rings. The standard InChI is InChI=1S/C28H45N3O5/c1-8-9-10-14-29-25(33)24(20-12-11-13-21(32)17-20)31(23-16-19(23)4)26(34)22(15-18(2)3)30-27(35)36-28(5,6)7/h11-13,17-19,22-24,32H,8-10,14-16H2,1-7H3,(H,29,33)(H,30,35). The van der Waals surface area contributed by atoms with Crippen molar-refractivity contribution in [1.29, 1.82) is 0 Å². The smallest absolute Gasteiger partial charge is 0.408 e. The molecule has 4 atom stereocenters. The molecular formula is C28H45N3O5. The van der Waals surface area contributed by atoms with Crippen molar-refractivity contribution in [2.45, 2.75) is 104 Å². The predicted octanol–water partition coefficient (Wildman–Crippen LogP) is 4.92. The molecule has 8 heteroatoms. The fourth-order valence-corrected chi connectivity index (χ4v) is 4.31. The van der Waals surface area contributed by atoms with Crippen LogP contribution in [0.5, 0.6) is 5.75 Å². The molecule has 0 spiro atoms. The number of nitrogens with one attached hydrogen (secondary N) is 2. The van der Waals surface area contributed by atoms with Gasteiger partial charge in [-0.1, -0.05) is 52.7 Å². The van der Waals surface area contributed by atoms with E-state index in [1.807, 2.05) is 20.8 Å². The molecule has 0 bridgehead atoms. The molecule has 1 saturated carbocycles. The normalized spacial score (nSPS) is 18.8. The Hall–Kier alpha value is -2.77. The summed E-state index contributed by atoms with van der Waals surface area (Å²) in [4.78, 5) is 41.9. The van der Waals surface area contributed by atoms with Crippen LogP contribution in [0.2, 0.25) is 0 Å². The average Bonchev–Trinajstić information content (AvgIpc) is 3.48. The second-order valence-corrected chi connectivity index (χ2v) is 11.3. The molecule has 4 unspecified atom stereocenters. The van der Waals surface area contributed by atoms with Crippen molar-refractivity contribution >= 4 is 17.9 Å². The lowest BCUT2D eigenvalue weighted by Gasteiger charge is -2.35. The molecule has 36 heavy (non-hydrogen) atoms. The van der Waals surface area contributed by atoms with Gasteiger partial charge >= 0.3 is 6.09 Å². The monoisotopic (exact) mass is 503 g/mol. The van der Waals surface area contributed by atoms with Crippen LogP contribution >= 0.6 is 0 Å². The molecule has 3 amide bonds. The molecule has 1 fully saturated rings. The molecule has 0 radical (unpaired) electrons. The number of hydrogen-bond donors (Lipinski definition) is 3.